The van der Waals surface area contributed by atoms with Crippen LogP contribution >= 0.6 is 0 Å². The largest absolute Gasteiger partial charge is 0.478 e. The van der Waals surface area contributed by atoms with Gasteiger partial charge in [0.2, 0.25) is 0 Å². The van der Waals surface area contributed by atoms with Gasteiger partial charge in [-0.15, -0.1) is 0 Å². The van der Waals surface area contributed by atoms with Gasteiger partial charge in [-0.2, -0.15) is 0 Å². The lowest BCUT2D eigenvalue weighted by molar-refractivity contribution is -0.131. The first kappa shape index (κ1) is 17.9. The maximum atomic E-state index is 10.4. The molecule has 0 aliphatic rings. The summed E-state index contributed by atoms with van der Waals surface area (Å²) in [5.74, 6) is -0.279. The molecule has 0 aromatic heterocycles. The Hall–Kier alpha value is -1.09. The van der Waals surface area contributed by atoms with Crippen molar-refractivity contribution in [2.24, 2.45) is 5.92 Å². The number of hydrogen-bond acceptors (Lipinski definition) is 2. The van der Waals surface area contributed by atoms with Crippen LogP contribution in [0.3, 0.4) is 0 Å². The molecule has 3 nitrogen and oxygen atoms in total. The fourth-order valence-corrected chi connectivity index (χ4v) is 1.83. The van der Waals surface area contributed by atoms with Crippen LogP contribution in [0.5, 0.6) is 0 Å². The van der Waals surface area contributed by atoms with Gasteiger partial charge in [0.1, 0.15) is 0 Å². The number of carboxylic acid groups (broad SMARTS) is 1. The van der Waals surface area contributed by atoms with Crippen LogP contribution in [0.4, 0.5) is 0 Å². The highest BCUT2D eigenvalue weighted by molar-refractivity contribution is 5.81. The molecule has 1 N–H and O–H groups in total. The minimum atomic E-state index is -0.892. The number of carbonyl (C=O) groups is 1. The van der Waals surface area contributed by atoms with Crippen molar-refractivity contribution < 1.29 is 14.6 Å². The molecule has 0 saturated heterocycles. The van der Waals surface area contributed by atoms with E-state index in [1.54, 1.807) is 14.0 Å². The summed E-state index contributed by atoms with van der Waals surface area (Å²) in [4.78, 5) is 10.4. The summed E-state index contributed by atoms with van der Waals surface area (Å²) in [7, 11) is 1.75. The standard InChI is InChI=1S/C16H28O3/c1-13(10-7-11-16(3,4)19-5)8-6-9-14(2)12-15(17)18/h6,9,12-13H,7-8,10-11H2,1-5H3,(H,17,18)/b9-6-,14-12-. The Morgan fingerprint density at radius 3 is 2.58 bits per heavy atom. The van der Waals surface area contributed by atoms with Crippen LogP contribution in [0.1, 0.15) is 53.4 Å². The summed E-state index contributed by atoms with van der Waals surface area (Å²) < 4.78 is 5.39. The monoisotopic (exact) mass is 268 g/mol. The van der Waals surface area contributed by atoms with Crippen molar-refractivity contribution in [2.45, 2.75) is 59.0 Å². The third kappa shape index (κ3) is 10.5. The summed E-state index contributed by atoms with van der Waals surface area (Å²) in [6.07, 6.45) is 9.53. The zero-order valence-electron chi connectivity index (χ0n) is 12.9. The highest BCUT2D eigenvalue weighted by Crippen LogP contribution is 2.20. The minimum Gasteiger partial charge on any atom is -0.478 e. The molecule has 1 unspecified atom stereocenters. The normalized spacial score (nSPS) is 14.9. The van der Waals surface area contributed by atoms with Crippen LogP contribution in [-0.2, 0) is 9.53 Å². The van der Waals surface area contributed by atoms with E-state index in [1.807, 2.05) is 6.08 Å². The van der Waals surface area contributed by atoms with E-state index in [1.165, 1.54) is 12.5 Å². The van der Waals surface area contributed by atoms with E-state index in [4.69, 9.17) is 9.84 Å². The van der Waals surface area contributed by atoms with Crippen molar-refractivity contribution in [1.29, 1.82) is 0 Å². The van der Waals surface area contributed by atoms with Crippen LogP contribution in [0.2, 0.25) is 0 Å². The van der Waals surface area contributed by atoms with Crippen LogP contribution in [-0.4, -0.2) is 23.8 Å². The van der Waals surface area contributed by atoms with Crippen molar-refractivity contribution in [2.75, 3.05) is 7.11 Å². The molecule has 0 aliphatic carbocycles. The summed E-state index contributed by atoms with van der Waals surface area (Å²) in [5, 5.41) is 8.59. The topological polar surface area (TPSA) is 46.5 Å². The van der Waals surface area contributed by atoms with Gasteiger partial charge in [0, 0.05) is 13.2 Å². The van der Waals surface area contributed by atoms with Gasteiger partial charge in [-0.25, -0.2) is 4.79 Å². The molecular formula is C16H28O3. The second kappa shape index (κ2) is 8.92. The molecule has 0 bridgehead atoms. The Kier molecular flexibility index (Phi) is 8.41. The number of rotatable bonds is 9. The van der Waals surface area contributed by atoms with Crippen LogP contribution < -0.4 is 0 Å². The molecule has 3 heteroatoms. The molecule has 0 spiro atoms. The van der Waals surface area contributed by atoms with Crippen molar-refractivity contribution >= 4 is 5.97 Å². The van der Waals surface area contributed by atoms with Gasteiger partial charge in [0.15, 0.2) is 0 Å². The van der Waals surface area contributed by atoms with E-state index >= 15 is 0 Å². The fourth-order valence-electron chi connectivity index (χ4n) is 1.83. The van der Waals surface area contributed by atoms with Gasteiger partial charge in [0.05, 0.1) is 5.60 Å². The van der Waals surface area contributed by atoms with E-state index in [0.717, 1.165) is 24.8 Å². The summed E-state index contributed by atoms with van der Waals surface area (Å²) >= 11 is 0. The fraction of sp³-hybridized carbons (Fsp3) is 0.688. The molecule has 110 valence electrons. The lowest BCUT2D eigenvalue weighted by atomic mass is 9.95. The van der Waals surface area contributed by atoms with Gasteiger partial charge in [0.25, 0.3) is 0 Å². The average Bonchev–Trinajstić information content (AvgIpc) is 2.27. The zero-order valence-corrected chi connectivity index (χ0v) is 12.9. The van der Waals surface area contributed by atoms with E-state index in [-0.39, 0.29) is 5.60 Å². The molecule has 0 heterocycles. The van der Waals surface area contributed by atoms with Gasteiger partial charge < -0.3 is 9.84 Å². The lowest BCUT2D eigenvalue weighted by Gasteiger charge is -2.23. The van der Waals surface area contributed by atoms with Crippen molar-refractivity contribution in [3.05, 3.63) is 23.8 Å². The van der Waals surface area contributed by atoms with Gasteiger partial charge >= 0.3 is 5.97 Å². The lowest BCUT2D eigenvalue weighted by Crippen LogP contribution is -2.22. The van der Waals surface area contributed by atoms with Gasteiger partial charge in [-0.05, 0) is 45.1 Å². The van der Waals surface area contributed by atoms with E-state index in [9.17, 15) is 4.79 Å². The van der Waals surface area contributed by atoms with E-state index < -0.39 is 5.97 Å². The minimum absolute atomic E-state index is 0.0314. The Morgan fingerprint density at radius 2 is 2.05 bits per heavy atom. The van der Waals surface area contributed by atoms with E-state index in [0.29, 0.717) is 5.92 Å². The summed E-state index contributed by atoms with van der Waals surface area (Å²) in [6.45, 7) is 8.24. The van der Waals surface area contributed by atoms with Crippen LogP contribution in [0, 0.1) is 5.92 Å². The molecular weight excluding hydrogens is 240 g/mol. The average molecular weight is 268 g/mol. The smallest absolute Gasteiger partial charge is 0.328 e. The third-order valence-corrected chi connectivity index (χ3v) is 3.30. The highest BCUT2D eigenvalue weighted by atomic mass is 16.5. The molecule has 0 saturated carbocycles. The van der Waals surface area contributed by atoms with Crippen LogP contribution in [0.15, 0.2) is 23.8 Å². The SMILES string of the molecule is COC(C)(C)CCCC(C)C/C=C\C(C)=C/C(=O)O. The number of ether oxygens (including phenoxy) is 1. The Balaban J connectivity index is 3.91. The van der Waals surface area contributed by atoms with Crippen molar-refractivity contribution in [3.8, 4) is 0 Å². The molecule has 19 heavy (non-hydrogen) atoms. The van der Waals surface area contributed by atoms with Crippen molar-refractivity contribution in [1.82, 2.24) is 0 Å². The second-order valence-corrected chi connectivity index (χ2v) is 5.83. The van der Waals surface area contributed by atoms with Gasteiger partial charge in [-0.1, -0.05) is 31.9 Å². The molecule has 0 aliphatic heterocycles. The zero-order chi connectivity index (χ0) is 14.9. The van der Waals surface area contributed by atoms with E-state index in [2.05, 4.69) is 26.8 Å². The van der Waals surface area contributed by atoms with Crippen molar-refractivity contribution in [3.63, 3.8) is 0 Å². The maximum absolute atomic E-state index is 10.4. The Morgan fingerprint density at radius 1 is 1.42 bits per heavy atom. The first-order chi connectivity index (χ1) is 8.76. The molecule has 0 aromatic rings. The molecule has 1 atom stereocenters. The first-order valence-corrected chi connectivity index (χ1v) is 6.90. The van der Waals surface area contributed by atoms with Crippen LogP contribution in [0.25, 0.3) is 0 Å². The molecule has 0 rings (SSSR count). The quantitative estimate of drug-likeness (QED) is 0.503. The number of methoxy groups -OCH3 is 1. The molecule has 0 radical (unpaired) electrons. The molecule has 0 amide bonds. The number of hydrogen-bond donors (Lipinski definition) is 1. The predicted octanol–water partition coefficient (Wildman–Crippen LogP) is 4.20. The Bertz CT molecular complexity index is 327. The third-order valence-electron chi connectivity index (χ3n) is 3.30. The number of carboxylic acids is 1. The summed E-state index contributed by atoms with van der Waals surface area (Å²) in [5.41, 5.74) is 0.747. The molecule has 0 fully saturated rings. The number of allylic oxidation sites excluding steroid dienone is 3. The Labute approximate surface area is 117 Å². The first-order valence-electron chi connectivity index (χ1n) is 6.90. The van der Waals surface area contributed by atoms with Gasteiger partial charge in [-0.3, -0.25) is 0 Å². The highest BCUT2D eigenvalue weighted by Gasteiger charge is 2.15. The number of aliphatic carboxylic acids is 1. The summed E-state index contributed by atoms with van der Waals surface area (Å²) in [6, 6.07) is 0. The maximum Gasteiger partial charge on any atom is 0.328 e. The second-order valence-electron chi connectivity index (χ2n) is 5.83. The molecule has 0 aromatic carbocycles. The predicted molar refractivity (Wildman–Crippen MR) is 79.3 cm³/mol.